The van der Waals surface area contributed by atoms with Gasteiger partial charge in [-0.1, -0.05) is 0 Å². The van der Waals surface area contributed by atoms with Crippen molar-refractivity contribution in [2.45, 2.75) is 25.4 Å². The van der Waals surface area contributed by atoms with E-state index in [1.165, 1.54) is 0 Å². The molecule has 1 aromatic heterocycles. The van der Waals surface area contributed by atoms with E-state index in [0.29, 0.717) is 12.2 Å². The van der Waals surface area contributed by atoms with E-state index < -0.39 is 0 Å². The minimum atomic E-state index is -0.300. The van der Waals surface area contributed by atoms with Gasteiger partial charge in [-0.15, -0.1) is 0 Å². The Morgan fingerprint density at radius 2 is 2.47 bits per heavy atom. The summed E-state index contributed by atoms with van der Waals surface area (Å²) in [6, 6.07) is 1.67. The lowest BCUT2D eigenvalue weighted by Gasteiger charge is -2.22. The van der Waals surface area contributed by atoms with Crippen LogP contribution in [0.2, 0.25) is 0 Å². The highest BCUT2D eigenvalue weighted by Gasteiger charge is 2.17. The molecule has 1 atom stereocenters. The molecular weight excluding hydrogens is 333 g/mol. The first kappa shape index (κ1) is 12.8. The van der Waals surface area contributed by atoms with Gasteiger partial charge in [-0.05, 0) is 47.9 Å². The maximum atomic E-state index is 11.8. The van der Waals surface area contributed by atoms with Crippen LogP contribution in [0.4, 0.5) is 0 Å². The smallest absolute Gasteiger partial charge is 0.339 e. The Labute approximate surface area is 114 Å². The molecule has 1 aliphatic rings. The summed E-state index contributed by atoms with van der Waals surface area (Å²) in [6.45, 7) is 1.12. The molecule has 0 aliphatic carbocycles. The maximum Gasteiger partial charge on any atom is 0.339 e. The van der Waals surface area contributed by atoms with Crippen LogP contribution >= 0.6 is 22.6 Å². The summed E-state index contributed by atoms with van der Waals surface area (Å²) < 4.78 is 11.6. The van der Waals surface area contributed by atoms with Crippen LogP contribution < -0.4 is 0 Å². The molecule has 4 nitrogen and oxygen atoms in total. The third-order valence-electron chi connectivity index (χ3n) is 2.67. The van der Waals surface area contributed by atoms with Gasteiger partial charge in [0.15, 0.2) is 0 Å². The Balaban J connectivity index is 1.87. The zero-order valence-corrected chi connectivity index (χ0v) is 11.6. The lowest BCUT2D eigenvalue weighted by Crippen LogP contribution is -2.26. The molecular formula is C12H14INO3. The van der Waals surface area contributed by atoms with Gasteiger partial charge in [-0.25, -0.2) is 4.79 Å². The van der Waals surface area contributed by atoms with Gasteiger partial charge in [0, 0.05) is 22.6 Å². The van der Waals surface area contributed by atoms with Crippen LogP contribution in [-0.4, -0.2) is 30.3 Å². The molecule has 5 heteroatoms. The number of nitrogens with zero attached hydrogens (tertiary/aromatic N) is 1. The van der Waals surface area contributed by atoms with Gasteiger partial charge >= 0.3 is 5.97 Å². The minimum absolute atomic E-state index is 0.0622. The van der Waals surface area contributed by atoms with E-state index in [1.807, 2.05) is 0 Å². The summed E-state index contributed by atoms with van der Waals surface area (Å²) in [5.41, 5.74) is 0.566. The second-order valence-corrected chi connectivity index (χ2v) is 5.10. The normalized spacial score (nSPS) is 19.9. The number of ether oxygens (including phenoxy) is 2. The molecule has 1 fully saturated rings. The Bertz CT molecular complexity index is 391. The van der Waals surface area contributed by atoms with Gasteiger partial charge in [0.05, 0.1) is 11.7 Å². The molecule has 1 unspecified atom stereocenters. The summed E-state index contributed by atoms with van der Waals surface area (Å²) in [5.74, 6) is -0.300. The van der Waals surface area contributed by atoms with Crippen LogP contribution in [0.15, 0.2) is 18.5 Å². The van der Waals surface area contributed by atoms with E-state index in [2.05, 4.69) is 27.6 Å². The average molecular weight is 347 g/mol. The zero-order valence-electron chi connectivity index (χ0n) is 9.39. The molecule has 0 bridgehead atoms. The summed E-state index contributed by atoms with van der Waals surface area (Å²) in [4.78, 5) is 15.7. The van der Waals surface area contributed by atoms with Crippen molar-refractivity contribution in [1.29, 1.82) is 0 Å². The fraction of sp³-hybridized carbons (Fsp3) is 0.500. The van der Waals surface area contributed by atoms with Crippen LogP contribution in [-0.2, 0) is 9.47 Å². The standard InChI is InChI=1S/C12H14INO3/c13-11-7-14-5-4-10(11)12(15)17-8-9-3-1-2-6-16-9/h4-5,7,9H,1-3,6,8H2. The van der Waals surface area contributed by atoms with Crippen LogP contribution in [0.25, 0.3) is 0 Å². The quantitative estimate of drug-likeness (QED) is 0.622. The molecule has 0 N–H and O–H groups in total. The van der Waals surface area contributed by atoms with Crippen molar-refractivity contribution in [3.63, 3.8) is 0 Å². The van der Waals surface area contributed by atoms with Crippen molar-refractivity contribution >= 4 is 28.6 Å². The molecule has 0 aromatic carbocycles. The van der Waals surface area contributed by atoms with Gasteiger partial charge < -0.3 is 9.47 Å². The van der Waals surface area contributed by atoms with Crippen molar-refractivity contribution in [3.8, 4) is 0 Å². The number of esters is 1. The van der Waals surface area contributed by atoms with E-state index >= 15 is 0 Å². The molecule has 0 radical (unpaired) electrons. The van der Waals surface area contributed by atoms with Gasteiger partial charge in [-0.3, -0.25) is 4.98 Å². The van der Waals surface area contributed by atoms with Crippen molar-refractivity contribution in [1.82, 2.24) is 4.98 Å². The van der Waals surface area contributed by atoms with E-state index in [1.54, 1.807) is 18.5 Å². The second-order valence-electron chi connectivity index (χ2n) is 3.94. The summed E-state index contributed by atoms with van der Waals surface area (Å²) in [6.07, 6.45) is 6.53. The first-order valence-corrected chi connectivity index (χ1v) is 6.73. The number of halogens is 1. The number of carbonyl (C=O) groups is 1. The number of hydrogen-bond donors (Lipinski definition) is 0. The van der Waals surface area contributed by atoms with E-state index in [-0.39, 0.29) is 12.1 Å². The fourth-order valence-electron chi connectivity index (χ4n) is 1.73. The van der Waals surface area contributed by atoms with Gasteiger partial charge in [-0.2, -0.15) is 0 Å². The van der Waals surface area contributed by atoms with Gasteiger partial charge in [0.2, 0.25) is 0 Å². The SMILES string of the molecule is O=C(OCC1CCCCO1)c1ccncc1I. The molecule has 2 heterocycles. The number of hydrogen-bond acceptors (Lipinski definition) is 4. The average Bonchev–Trinajstić information content (AvgIpc) is 2.38. The topological polar surface area (TPSA) is 48.4 Å². The molecule has 2 rings (SSSR count). The lowest BCUT2D eigenvalue weighted by atomic mass is 10.1. The minimum Gasteiger partial charge on any atom is -0.459 e. The first-order chi connectivity index (χ1) is 8.27. The van der Waals surface area contributed by atoms with Crippen molar-refractivity contribution < 1.29 is 14.3 Å². The van der Waals surface area contributed by atoms with Crippen LogP contribution in [0.5, 0.6) is 0 Å². The number of rotatable bonds is 3. The largest absolute Gasteiger partial charge is 0.459 e. The van der Waals surface area contributed by atoms with Crippen molar-refractivity contribution in [2.75, 3.05) is 13.2 Å². The van der Waals surface area contributed by atoms with Crippen LogP contribution in [0, 0.1) is 3.57 Å². The zero-order chi connectivity index (χ0) is 12.1. The Morgan fingerprint density at radius 1 is 1.59 bits per heavy atom. The summed E-state index contributed by atoms with van der Waals surface area (Å²) in [5, 5.41) is 0. The van der Waals surface area contributed by atoms with Crippen molar-refractivity contribution in [2.24, 2.45) is 0 Å². The van der Waals surface area contributed by atoms with E-state index in [0.717, 1.165) is 29.4 Å². The Morgan fingerprint density at radius 3 is 3.18 bits per heavy atom. The third kappa shape index (κ3) is 3.64. The molecule has 0 saturated carbocycles. The van der Waals surface area contributed by atoms with Crippen LogP contribution in [0.3, 0.4) is 0 Å². The van der Waals surface area contributed by atoms with Crippen molar-refractivity contribution in [3.05, 3.63) is 27.6 Å². The Hall–Kier alpha value is -0.690. The van der Waals surface area contributed by atoms with Gasteiger partial charge in [0.25, 0.3) is 0 Å². The molecule has 1 aliphatic heterocycles. The highest BCUT2D eigenvalue weighted by Crippen LogP contribution is 2.15. The fourth-order valence-corrected chi connectivity index (χ4v) is 2.29. The monoisotopic (exact) mass is 347 g/mol. The van der Waals surface area contributed by atoms with E-state index in [4.69, 9.17) is 9.47 Å². The molecule has 17 heavy (non-hydrogen) atoms. The first-order valence-electron chi connectivity index (χ1n) is 5.65. The van der Waals surface area contributed by atoms with Gasteiger partial charge in [0.1, 0.15) is 6.61 Å². The highest BCUT2D eigenvalue weighted by molar-refractivity contribution is 14.1. The molecule has 1 aromatic rings. The molecule has 92 valence electrons. The molecule has 1 saturated heterocycles. The molecule has 0 amide bonds. The number of carbonyl (C=O) groups excluding carboxylic acids is 1. The lowest BCUT2D eigenvalue weighted by molar-refractivity contribution is -0.0300. The summed E-state index contributed by atoms with van der Waals surface area (Å²) >= 11 is 2.08. The van der Waals surface area contributed by atoms with E-state index in [9.17, 15) is 4.79 Å². The second kappa shape index (κ2) is 6.30. The maximum absolute atomic E-state index is 11.8. The number of pyridine rings is 1. The Kier molecular flexibility index (Phi) is 4.73. The number of aromatic nitrogens is 1. The third-order valence-corrected chi connectivity index (χ3v) is 3.53. The predicted molar refractivity (Wildman–Crippen MR) is 70.8 cm³/mol. The molecule has 0 spiro atoms. The highest BCUT2D eigenvalue weighted by atomic mass is 127. The van der Waals surface area contributed by atoms with Crippen LogP contribution in [0.1, 0.15) is 29.6 Å². The summed E-state index contributed by atoms with van der Waals surface area (Å²) in [7, 11) is 0. The predicted octanol–water partition coefficient (Wildman–Crippen LogP) is 2.41.